The summed E-state index contributed by atoms with van der Waals surface area (Å²) in [6.07, 6.45) is 2.64. The molecule has 4 rings (SSSR count). The van der Waals surface area contributed by atoms with Gasteiger partial charge >= 0.3 is 11.6 Å². The van der Waals surface area contributed by atoms with Crippen LogP contribution in [0.2, 0.25) is 0 Å². The Labute approximate surface area is 209 Å². The minimum Gasteiger partial charge on any atom is -0.425 e. The monoisotopic (exact) mass is 505 g/mol. The van der Waals surface area contributed by atoms with Gasteiger partial charge in [-0.05, 0) is 55.2 Å². The number of carbonyl (C=O) groups excluding carboxylic acids is 1. The van der Waals surface area contributed by atoms with Gasteiger partial charge in [-0.2, -0.15) is 4.72 Å². The standard InChI is InChI=1S/C28H27NO6S/c1-3-4-8-21-17-26(30)35-25-18-22(13-16-24(21)25)34-28(31)27(20-9-6-5-7-10-20)29-36(32,33)23-14-11-19(2)12-15-23/h5-7,9-18,27,29H,3-4,8H2,1-2H3/t27-/m1/s1. The van der Waals surface area contributed by atoms with E-state index in [-0.39, 0.29) is 10.6 Å². The van der Waals surface area contributed by atoms with Crippen molar-refractivity contribution in [3.63, 3.8) is 0 Å². The molecule has 1 aromatic heterocycles. The highest BCUT2D eigenvalue weighted by atomic mass is 32.2. The van der Waals surface area contributed by atoms with Gasteiger partial charge in [-0.1, -0.05) is 61.4 Å². The second-order valence-electron chi connectivity index (χ2n) is 8.55. The molecule has 186 valence electrons. The summed E-state index contributed by atoms with van der Waals surface area (Å²) in [7, 11) is -4.03. The third kappa shape index (κ3) is 5.90. The lowest BCUT2D eigenvalue weighted by Crippen LogP contribution is -2.36. The maximum absolute atomic E-state index is 13.2. The fourth-order valence-corrected chi connectivity index (χ4v) is 5.03. The van der Waals surface area contributed by atoms with E-state index in [1.807, 2.05) is 6.92 Å². The summed E-state index contributed by atoms with van der Waals surface area (Å²) in [5.41, 5.74) is 2.02. The molecule has 3 aromatic carbocycles. The number of hydrogen-bond acceptors (Lipinski definition) is 6. The third-order valence-electron chi connectivity index (χ3n) is 5.79. The van der Waals surface area contributed by atoms with Crippen LogP contribution in [0.1, 0.15) is 42.5 Å². The third-order valence-corrected chi connectivity index (χ3v) is 7.23. The molecule has 0 bridgehead atoms. The first-order valence-corrected chi connectivity index (χ1v) is 13.2. The molecule has 1 heterocycles. The fourth-order valence-electron chi connectivity index (χ4n) is 3.86. The second-order valence-corrected chi connectivity index (χ2v) is 10.3. The Bertz CT molecular complexity index is 1530. The van der Waals surface area contributed by atoms with Crippen LogP contribution in [-0.4, -0.2) is 14.4 Å². The van der Waals surface area contributed by atoms with Crippen LogP contribution in [-0.2, 0) is 21.2 Å². The molecular weight excluding hydrogens is 478 g/mol. The summed E-state index contributed by atoms with van der Waals surface area (Å²) >= 11 is 0. The number of ether oxygens (including phenoxy) is 1. The van der Waals surface area contributed by atoms with Gasteiger partial charge in [-0.3, -0.25) is 0 Å². The summed E-state index contributed by atoms with van der Waals surface area (Å²) in [4.78, 5) is 25.3. The van der Waals surface area contributed by atoms with Crippen molar-refractivity contribution in [3.05, 3.63) is 106 Å². The molecule has 36 heavy (non-hydrogen) atoms. The number of benzene rings is 3. The minimum absolute atomic E-state index is 0.0360. The molecule has 0 saturated heterocycles. The van der Waals surface area contributed by atoms with E-state index in [1.165, 1.54) is 24.3 Å². The molecule has 0 unspecified atom stereocenters. The van der Waals surface area contributed by atoms with Gasteiger partial charge in [0, 0.05) is 17.5 Å². The summed E-state index contributed by atoms with van der Waals surface area (Å²) in [6, 6.07) is 19.8. The first kappa shape index (κ1) is 25.3. The van der Waals surface area contributed by atoms with Gasteiger partial charge in [0.15, 0.2) is 0 Å². The van der Waals surface area contributed by atoms with Gasteiger partial charge in [0.25, 0.3) is 0 Å². The SMILES string of the molecule is CCCCc1cc(=O)oc2cc(OC(=O)[C@H](NS(=O)(=O)c3ccc(C)cc3)c3ccccc3)ccc12. The number of nitrogens with one attached hydrogen (secondary N) is 1. The van der Waals surface area contributed by atoms with E-state index in [0.717, 1.165) is 35.8 Å². The summed E-state index contributed by atoms with van der Waals surface area (Å²) in [6.45, 7) is 3.92. The number of hydrogen-bond donors (Lipinski definition) is 1. The van der Waals surface area contributed by atoms with E-state index in [2.05, 4.69) is 11.6 Å². The van der Waals surface area contributed by atoms with Crippen LogP contribution in [0.4, 0.5) is 0 Å². The number of fused-ring (bicyclic) bond motifs is 1. The Balaban J connectivity index is 1.64. The van der Waals surface area contributed by atoms with Crippen molar-refractivity contribution < 1.29 is 22.4 Å². The summed E-state index contributed by atoms with van der Waals surface area (Å²) in [5.74, 6) is -0.681. The zero-order valence-corrected chi connectivity index (χ0v) is 20.9. The van der Waals surface area contributed by atoms with Crippen LogP contribution in [0, 0.1) is 6.92 Å². The highest BCUT2D eigenvalue weighted by Crippen LogP contribution is 2.26. The highest BCUT2D eigenvalue weighted by molar-refractivity contribution is 7.89. The van der Waals surface area contributed by atoms with Gasteiger partial charge < -0.3 is 9.15 Å². The molecular formula is C28H27NO6S. The number of aryl methyl sites for hydroxylation is 2. The predicted octanol–water partition coefficient (Wildman–Crippen LogP) is 5.07. The summed E-state index contributed by atoms with van der Waals surface area (Å²) < 4.78 is 39.5. The maximum Gasteiger partial charge on any atom is 0.336 e. The lowest BCUT2D eigenvalue weighted by Gasteiger charge is -2.18. The molecule has 0 aliphatic rings. The van der Waals surface area contributed by atoms with Crippen molar-refractivity contribution in [2.75, 3.05) is 0 Å². The van der Waals surface area contributed by atoms with E-state index in [9.17, 15) is 18.0 Å². The Hall–Kier alpha value is -3.75. The van der Waals surface area contributed by atoms with Crippen LogP contribution in [0.3, 0.4) is 0 Å². The lowest BCUT2D eigenvalue weighted by atomic mass is 10.0. The Kier molecular flexibility index (Phi) is 7.67. The van der Waals surface area contributed by atoms with Crippen LogP contribution in [0.5, 0.6) is 5.75 Å². The largest absolute Gasteiger partial charge is 0.425 e. The molecule has 8 heteroatoms. The van der Waals surface area contributed by atoms with Crippen molar-refractivity contribution in [2.45, 2.75) is 44.0 Å². The molecule has 0 amide bonds. The highest BCUT2D eigenvalue weighted by Gasteiger charge is 2.29. The number of esters is 1. The van der Waals surface area contributed by atoms with Crippen LogP contribution >= 0.6 is 0 Å². The molecule has 1 N–H and O–H groups in total. The second kappa shape index (κ2) is 10.9. The van der Waals surface area contributed by atoms with E-state index in [1.54, 1.807) is 54.6 Å². The summed E-state index contributed by atoms with van der Waals surface area (Å²) in [5, 5.41) is 0.766. The quantitative estimate of drug-likeness (QED) is 0.194. The van der Waals surface area contributed by atoms with Gasteiger partial charge in [-0.15, -0.1) is 0 Å². The van der Waals surface area contributed by atoms with E-state index >= 15 is 0 Å². The van der Waals surface area contributed by atoms with Crippen molar-refractivity contribution in [1.82, 2.24) is 4.72 Å². The number of unbranched alkanes of at least 4 members (excludes halogenated alkanes) is 1. The zero-order valence-electron chi connectivity index (χ0n) is 20.1. The van der Waals surface area contributed by atoms with Gasteiger partial charge in [0.1, 0.15) is 17.4 Å². The minimum atomic E-state index is -4.03. The number of sulfonamides is 1. The van der Waals surface area contributed by atoms with Crippen molar-refractivity contribution in [1.29, 1.82) is 0 Å². The Morgan fingerprint density at radius 2 is 1.72 bits per heavy atom. The van der Waals surface area contributed by atoms with Crippen LogP contribution in [0.25, 0.3) is 11.0 Å². The van der Waals surface area contributed by atoms with Gasteiger partial charge in [0.05, 0.1) is 4.90 Å². The molecule has 0 fully saturated rings. The average Bonchev–Trinajstić information content (AvgIpc) is 2.86. The van der Waals surface area contributed by atoms with E-state index in [0.29, 0.717) is 11.1 Å². The zero-order chi connectivity index (χ0) is 25.7. The lowest BCUT2D eigenvalue weighted by molar-refractivity contribution is -0.136. The molecule has 0 saturated carbocycles. The number of carbonyl (C=O) groups is 1. The van der Waals surface area contributed by atoms with Crippen molar-refractivity contribution in [2.24, 2.45) is 0 Å². The van der Waals surface area contributed by atoms with E-state index in [4.69, 9.17) is 9.15 Å². The van der Waals surface area contributed by atoms with Crippen molar-refractivity contribution in [3.8, 4) is 5.75 Å². The molecule has 0 radical (unpaired) electrons. The first-order chi connectivity index (χ1) is 17.3. The maximum atomic E-state index is 13.2. The molecule has 7 nitrogen and oxygen atoms in total. The molecule has 0 spiro atoms. The Morgan fingerprint density at radius 3 is 2.42 bits per heavy atom. The fraction of sp³-hybridized carbons (Fsp3) is 0.214. The number of rotatable bonds is 9. The van der Waals surface area contributed by atoms with Crippen LogP contribution in [0.15, 0.2) is 93.0 Å². The normalized spacial score (nSPS) is 12.4. The average molecular weight is 506 g/mol. The predicted molar refractivity (Wildman–Crippen MR) is 137 cm³/mol. The van der Waals surface area contributed by atoms with Crippen LogP contribution < -0.4 is 15.1 Å². The smallest absolute Gasteiger partial charge is 0.336 e. The molecule has 0 aliphatic heterocycles. The van der Waals surface area contributed by atoms with Gasteiger partial charge in [0.2, 0.25) is 10.0 Å². The Morgan fingerprint density at radius 1 is 1.00 bits per heavy atom. The molecule has 1 atom stereocenters. The topological polar surface area (TPSA) is 103 Å². The van der Waals surface area contributed by atoms with E-state index < -0.39 is 27.7 Å². The van der Waals surface area contributed by atoms with Crippen molar-refractivity contribution >= 4 is 27.0 Å². The molecule has 0 aliphatic carbocycles. The van der Waals surface area contributed by atoms with Gasteiger partial charge in [-0.25, -0.2) is 18.0 Å². The molecule has 4 aromatic rings. The first-order valence-electron chi connectivity index (χ1n) is 11.7.